The van der Waals surface area contributed by atoms with Gasteiger partial charge in [-0.25, -0.2) is 9.98 Å². The van der Waals surface area contributed by atoms with Gasteiger partial charge in [-0.05, 0) is 51.4 Å². The summed E-state index contributed by atoms with van der Waals surface area (Å²) in [6.45, 7) is 11.3. The van der Waals surface area contributed by atoms with Crippen molar-refractivity contribution in [2.45, 2.75) is 51.0 Å². The molecule has 7 nitrogen and oxygen atoms in total. The van der Waals surface area contributed by atoms with E-state index in [4.69, 9.17) is 9.98 Å². The standard InChI is InChI=1S/C27H39N7/c1-4-5-7-10-26-28-16-15-27(13-8-6-9-14-27)34(26)22-30-23(2)31-25-12-11-24(21-29-25)33-19-17-32(3)18-20-33/h4-5,7,10-12,21-22H,2,6,8-9,13-20H2,1,3H3,(H,29,31)/b5-4+,10-7-,30-22?. The van der Waals surface area contributed by atoms with Crippen LogP contribution in [0.15, 0.2) is 65.0 Å². The lowest BCUT2D eigenvalue weighted by atomic mass is 9.77. The first-order chi connectivity index (χ1) is 16.6. The van der Waals surface area contributed by atoms with E-state index in [2.05, 4.69) is 56.8 Å². The molecule has 2 aliphatic heterocycles. The van der Waals surface area contributed by atoms with E-state index in [1.807, 2.05) is 37.7 Å². The Bertz CT molecular complexity index is 930. The van der Waals surface area contributed by atoms with E-state index in [0.717, 1.165) is 56.5 Å². The predicted octanol–water partition coefficient (Wildman–Crippen LogP) is 4.68. The van der Waals surface area contributed by atoms with Crippen LogP contribution in [0.25, 0.3) is 0 Å². The Hall–Kier alpha value is -2.93. The van der Waals surface area contributed by atoms with Gasteiger partial charge in [0.25, 0.3) is 0 Å². The summed E-state index contributed by atoms with van der Waals surface area (Å²) in [5.41, 5.74) is 1.27. The van der Waals surface area contributed by atoms with Crippen LogP contribution in [0.1, 0.15) is 45.4 Å². The molecule has 0 amide bonds. The maximum atomic E-state index is 4.81. The summed E-state index contributed by atoms with van der Waals surface area (Å²) in [6, 6.07) is 4.13. The monoisotopic (exact) mass is 461 g/mol. The number of hydrogen-bond acceptors (Lipinski definition) is 6. The third-order valence-corrected chi connectivity index (χ3v) is 7.16. The van der Waals surface area contributed by atoms with Crippen LogP contribution in [0.4, 0.5) is 11.5 Å². The zero-order valence-corrected chi connectivity index (χ0v) is 20.8. The van der Waals surface area contributed by atoms with Crippen molar-refractivity contribution in [1.29, 1.82) is 0 Å². The van der Waals surface area contributed by atoms with E-state index in [1.54, 1.807) is 0 Å². The van der Waals surface area contributed by atoms with Gasteiger partial charge in [-0.3, -0.25) is 4.99 Å². The Kier molecular flexibility index (Phi) is 8.16. The van der Waals surface area contributed by atoms with Crippen LogP contribution < -0.4 is 10.2 Å². The number of pyridine rings is 1. The van der Waals surface area contributed by atoms with Crippen LogP contribution in [-0.2, 0) is 0 Å². The smallest absolute Gasteiger partial charge is 0.131 e. The average Bonchev–Trinajstić information content (AvgIpc) is 2.85. The second-order valence-electron chi connectivity index (χ2n) is 9.54. The number of aromatic nitrogens is 1. The molecule has 0 radical (unpaired) electrons. The van der Waals surface area contributed by atoms with E-state index in [9.17, 15) is 0 Å². The van der Waals surface area contributed by atoms with Gasteiger partial charge in [0.2, 0.25) is 0 Å². The fourth-order valence-electron chi connectivity index (χ4n) is 5.11. The molecule has 1 saturated heterocycles. The molecule has 34 heavy (non-hydrogen) atoms. The Labute approximate surface area is 204 Å². The highest BCUT2D eigenvalue weighted by Crippen LogP contribution is 2.38. The molecule has 4 rings (SSSR count). The number of hydrogen-bond donors (Lipinski definition) is 1. The van der Waals surface area contributed by atoms with E-state index in [1.165, 1.54) is 32.1 Å². The number of aliphatic imine (C=N–C) groups is 2. The van der Waals surface area contributed by atoms with Crippen molar-refractivity contribution >= 4 is 23.7 Å². The second-order valence-corrected chi connectivity index (χ2v) is 9.54. The molecular formula is C27H39N7. The zero-order valence-electron chi connectivity index (χ0n) is 20.8. The predicted molar refractivity (Wildman–Crippen MR) is 144 cm³/mol. The van der Waals surface area contributed by atoms with Crippen LogP contribution >= 0.6 is 0 Å². The molecule has 2 fully saturated rings. The molecule has 1 aromatic rings. The van der Waals surface area contributed by atoms with Gasteiger partial charge in [0.1, 0.15) is 17.5 Å². The highest BCUT2D eigenvalue weighted by atomic mass is 15.3. The van der Waals surface area contributed by atoms with Crippen molar-refractivity contribution in [2.24, 2.45) is 9.98 Å². The number of allylic oxidation sites excluding steroid dienone is 3. The van der Waals surface area contributed by atoms with Crippen molar-refractivity contribution in [3.8, 4) is 0 Å². The number of anilines is 2. The number of rotatable bonds is 7. The highest BCUT2D eigenvalue weighted by molar-refractivity contribution is 6.01. The first-order valence-electron chi connectivity index (χ1n) is 12.6. The van der Waals surface area contributed by atoms with Gasteiger partial charge in [-0.1, -0.05) is 44.1 Å². The summed E-state index contributed by atoms with van der Waals surface area (Å²) in [4.78, 5) is 21.1. The fraction of sp³-hybridized carbons (Fsp3) is 0.519. The van der Waals surface area contributed by atoms with Crippen molar-refractivity contribution in [3.63, 3.8) is 0 Å². The molecule has 0 aromatic carbocycles. The normalized spacial score (nSPS) is 21.6. The molecule has 0 atom stereocenters. The van der Waals surface area contributed by atoms with Crippen LogP contribution in [0, 0.1) is 0 Å². The van der Waals surface area contributed by atoms with Gasteiger partial charge in [0.05, 0.1) is 18.2 Å². The lowest BCUT2D eigenvalue weighted by Crippen LogP contribution is -2.54. The topological polar surface area (TPSA) is 59.4 Å². The number of nitrogens with zero attached hydrogens (tertiary/aromatic N) is 6. The van der Waals surface area contributed by atoms with E-state index in [0.29, 0.717) is 5.82 Å². The molecule has 1 aromatic heterocycles. The Morgan fingerprint density at radius 3 is 2.59 bits per heavy atom. The summed E-state index contributed by atoms with van der Waals surface area (Å²) in [7, 11) is 2.17. The SMILES string of the molecule is C=C(N=CN1C(/C=C\C=C\C)=NCCC12CCCCC2)Nc1ccc(N2CCN(C)CC2)cn1. The van der Waals surface area contributed by atoms with Gasteiger partial charge in [-0.2, -0.15) is 0 Å². The van der Waals surface area contributed by atoms with Crippen molar-refractivity contribution in [2.75, 3.05) is 50.0 Å². The molecule has 0 unspecified atom stereocenters. The molecule has 3 heterocycles. The van der Waals surface area contributed by atoms with Crippen molar-refractivity contribution in [1.82, 2.24) is 14.8 Å². The van der Waals surface area contributed by atoms with Crippen LogP contribution in [0.5, 0.6) is 0 Å². The quantitative estimate of drug-likeness (QED) is 0.363. The van der Waals surface area contributed by atoms with Gasteiger partial charge in [0.15, 0.2) is 0 Å². The van der Waals surface area contributed by atoms with Crippen LogP contribution in [0.3, 0.4) is 0 Å². The minimum atomic E-state index is 0.113. The zero-order chi connectivity index (χ0) is 23.8. The molecule has 0 bridgehead atoms. The van der Waals surface area contributed by atoms with E-state index < -0.39 is 0 Å². The Morgan fingerprint density at radius 1 is 1.09 bits per heavy atom. The Balaban J connectivity index is 1.43. The summed E-state index contributed by atoms with van der Waals surface area (Å²) < 4.78 is 0. The minimum absolute atomic E-state index is 0.113. The van der Waals surface area contributed by atoms with Crippen LogP contribution in [0.2, 0.25) is 0 Å². The van der Waals surface area contributed by atoms with Gasteiger partial charge >= 0.3 is 0 Å². The molecule has 1 saturated carbocycles. The molecule has 1 N–H and O–H groups in total. The van der Waals surface area contributed by atoms with Gasteiger partial charge in [0, 0.05) is 38.3 Å². The third kappa shape index (κ3) is 5.95. The number of likely N-dealkylation sites (N-methyl/N-ethyl adjacent to an activating group) is 1. The second kappa shape index (κ2) is 11.5. The molecular weight excluding hydrogens is 422 g/mol. The van der Waals surface area contributed by atoms with E-state index >= 15 is 0 Å². The molecule has 1 spiro atoms. The molecule has 182 valence electrons. The van der Waals surface area contributed by atoms with Gasteiger partial charge < -0.3 is 20.0 Å². The number of amidine groups is 1. The van der Waals surface area contributed by atoms with Gasteiger partial charge in [-0.15, -0.1) is 0 Å². The fourth-order valence-corrected chi connectivity index (χ4v) is 5.11. The average molecular weight is 462 g/mol. The summed E-state index contributed by atoms with van der Waals surface area (Å²) >= 11 is 0. The molecule has 7 heteroatoms. The molecule has 3 aliphatic rings. The van der Waals surface area contributed by atoms with Crippen LogP contribution in [-0.4, -0.2) is 72.3 Å². The molecule has 1 aliphatic carbocycles. The maximum absolute atomic E-state index is 4.81. The van der Waals surface area contributed by atoms with Crippen molar-refractivity contribution < 1.29 is 0 Å². The summed E-state index contributed by atoms with van der Waals surface area (Å²) in [6.07, 6.45) is 19.4. The number of nitrogens with one attached hydrogen (secondary N) is 1. The minimum Gasteiger partial charge on any atom is -0.368 e. The van der Waals surface area contributed by atoms with E-state index in [-0.39, 0.29) is 5.54 Å². The van der Waals surface area contributed by atoms with Crippen molar-refractivity contribution in [3.05, 3.63) is 55.0 Å². The number of piperazine rings is 1. The third-order valence-electron chi connectivity index (χ3n) is 7.16. The first kappa shape index (κ1) is 24.2. The Morgan fingerprint density at radius 2 is 1.88 bits per heavy atom. The summed E-state index contributed by atoms with van der Waals surface area (Å²) in [5, 5.41) is 3.25. The lowest BCUT2D eigenvalue weighted by molar-refractivity contribution is 0.160. The largest absolute Gasteiger partial charge is 0.368 e. The first-order valence-corrected chi connectivity index (χ1v) is 12.6. The lowest BCUT2D eigenvalue weighted by Gasteiger charge is -2.47. The maximum Gasteiger partial charge on any atom is 0.131 e. The summed E-state index contributed by atoms with van der Waals surface area (Å²) in [5.74, 6) is 2.32. The highest BCUT2D eigenvalue weighted by Gasteiger charge is 2.40.